The molecule has 0 aliphatic rings. The molecule has 1 N–H and O–H groups in total. The lowest BCUT2D eigenvalue weighted by Gasteiger charge is -2.31. The van der Waals surface area contributed by atoms with E-state index in [1.807, 2.05) is 37.3 Å². The fourth-order valence-electron chi connectivity index (χ4n) is 3.98. The Hall–Kier alpha value is -3.00. The van der Waals surface area contributed by atoms with E-state index in [1.165, 1.54) is 7.11 Å². The molecule has 3 aromatic rings. The number of benzene rings is 2. The van der Waals surface area contributed by atoms with E-state index in [0.29, 0.717) is 28.4 Å². The smallest absolute Gasteiger partial charge is 0.357 e. The monoisotopic (exact) mass is 517 g/mol. The van der Waals surface area contributed by atoms with Gasteiger partial charge < -0.3 is 23.8 Å². The maximum atomic E-state index is 14.4. The van der Waals surface area contributed by atoms with Crippen molar-refractivity contribution in [2.24, 2.45) is 7.05 Å². The van der Waals surface area contributed by atoms with Crippen LogP contribution in [0.2, 0.25) is 0 Å². The molecule has 9 nitrogen and oxygen atoms in total. The van der Waals surface area contributed by atoms with E-state index >= 15 is 0 Å². The predicted molar refractivity (Wildman–Crippen MR) is 142 cm³/mol. The fraction of sp³-hybridized carbons (Fsp3) is 0.423. The van der Waals surface area contributed by atoms with Gasteiger partial charge in [-0.15, -0.1) is 0 Å². The molecule has 1 aromatic heterocycles. The molecule has 0 saturated heterocycles. The first kappa shape index (κ1) is 27.6. The highest BCUT2D eigenvalue weighted by Crippen LogP contribution is 2.63. The van der Waals surface area contributed by atoms with Crippen LogP contribution in [0.5, 0.6) is 11.5 Å². The van der Waals surface area contributed by atoms with Gasteiger partial charge in [-0.3, -0.25) is 14.0 Å². The van der Waals surface area contributed by atoms with Gasteiger partial charge in [-0.25, -0.2) is 4.68 Å². The maximum Gasteiger partial charge on any atom is 0.357 e. The molecule has 196 valence electrons. The Morgan fingerprint density at radius 3 is 2.06 bits per heavy atom. The van der Waals surface area contributed by atoms with Crippen molar-refractivity contribution in [1.29, 1.82) is 0 Å². The molecule has 1 heterocycles. The standard InChI is InChI=1S/C26H36N3O6P/c1-17(2)34-36(31,35-18(3)4)25(22-15-14-21(32-7)16-23(22)33-8)27-24-19(5)28(6)29(26(24)30)20-12-10-9-11-13-20/h9-18,25,27H,1-8H3. The van der Waals surface area contributed by atoms with Crippen LogP contribution >= 0.6 is 7.60 Å². The van der Waals surface area contributed by atoms with Gasteiger partial charge in [0, 0.05) is 18.7 Å². The van der Waals surface area contributed by atoms with E-state index in [2.05, 4.69) is 5.32 Å². The van der Waals surface area contributed by atoms with Gasteiger partial charge in [0.25, 0.3) is 5.56 Å². The summed E-state index contributed by atoms with van der Waals surface area (Å²) in [4.78, 5) is 13.7. The second kappa shape index (κ2) is 11.4. The lowest BCUT2D eigenvalue weighted by Crippen LogP contribution is -2.24. The molecule has 1 unspecified atom stereocenters. The van der Waals surface area contributed by atoms with E-state index in [9.17, 15) is 9.36 Å². The number of nitrogens with zero attached hydrogens (tertiary/aromatic N) is 2. The molecule has 0 fully saturated rings. The van der Waals surface area contributed by atoms with Crippen LogP contribution in [0.1, 0.15) is 44.7 Å². The molecule has 0 aliphatic carbocycles. The summed E-state index contributed by atoms with van der Waals surface area (Å²) in [5.74, 6) is -0.0500. The number of hydrogen-bond acceptors (Lipinski definition) is 7. The Balaban J connectivity index is 2.24. The van der Waals surface area contributed by atoms with Crippen molar-refractivity contribution in [3.63, 3.8) is 0 Å². The van der Waals surface area contributed by atoms with Crippen molar-refractivity contribution < 1.29 is 23.1 Å². The second-order valence-corrected chi connectivity index (χ2v) is 11.0. The molecule has 1 atom stereocenters. The van der Waals surface area contributed by atoms with Gasteiger partial charge in [0.2, 0.25) is 0 Å². The van der Waals surface area contributed by atoms with Crippen molar-refractivity contribution in [2.45, 2.75) is 52.6 Å². The zero-order valence-corrected chi connectivity index (χ0v) is 23.0. The number of methoxy groups -OCH3 is 2. The highest BCUT2D eigenvalue weighted by atomic mass is 31.2. The Morgan fingerprint density at radius 2 is 1.53 bits per heavy atom. The first-order chi connectivity index (χ1) is 17.0. The summed E-state index contributed by atoms with van der Waals surface area (Å²) in [6.45, 7) is 8.97. The molecule has 0 amide bonds. The van der Waals surface area contributed by atoms with Crippen LogP contribution in [0.4, 0.5) is 5.69 Å². The van der Waals surface area contributed by atoms with Crippen molar-refractivity contribution in [3.05, 3.63) is 70.1 Å². The average Bonchev–Trinajstić information content (AvgIpc) is 3.04. The molecule has 0 aliphatic heterocycles. The normalized spacial score (nSPS) is 12.7. The lowest BCUT2D eigenvalue weighted by molar-refractivity contribution is 0.137. The number of rotatable bonds is 11. The first-order valence-electron chi connectivity index (χ1n) is 11.8. The van der Waals surface area contributed by atoms with Crippen LogP contribution in [0.15, 0.2) is 53.3 Å². The molecule has 0 bridgehead atoms. The number of anilines is 1. The van der Waals surface area contributed by atoms with Crippen LogP contribution in [0.25, 0.3) is 5.69 Å². The highest BCUT2D eigenvalue weighted by Gasteiger charge is 2.42. The van der Waals surface area contributed by atoms with Crippen LogP contribution < -0.4 is 20.3 Å². The van der Waals surface area contributed by atoms with Crippen LogP contribution in [-0.4, -0.2) is 35.8 Å². The van der Waals surface area contributed by atoms with E-state index in [0.717, 1.165) is 0 Å². The van der Waals surface area contributed by atoms with Crippen LogP contribution in [-0.2, 0) is 20.7 Å². The maximum absolute atomic E-state index is 14.4. The number of aromatic nitrogens is 2. The summed E-state index contributed by atoms with van der Waals surface area (Å²) in [6.07, 6.45) is -0.804. The Morgan fingerprint density at radius 1 is 0.917 bits per heavy atom. The zero-order chi connectivity index (χ0) is 26.6. The minimum Gasteiger partial charge on any atom is -0.497 e. The number of para-hydroxylation sites is 1. The zero-order valence-electron chi connectivity index (χ0n) is 22.1. The van der Waals surface area contributed by atoms with Gasteiger partial charge in [-0.05, 0) is 58.9 Å². The molecule has 0 saturated carbocycles. The van der Waals surface area contributed by atoms with Gasteiger partial charge in [-0.2, -0.15) is 0 Å². The first-order valence-corrected chi connectivity index (χ1v) is 13.4. The number of hydrogen-bond donors (Lipinski definition) is 1. The quantitative estimate of drug-likeness (QED) is 0.328. The van der Waals surface area contributed by atoms with E-state index in [4.69, 9.17) is 18.5 Å². The summed E-state index contributed by atoms with van der Waals surface area (Å²) in [6, 6.07) is 14.5. The molecular weight excluding hydrogens is 481 g/mol. The number of ether oxygens (including phenoxy) is 2. The van der Waals surface area contributed by atoms with E-state index in [-0.39, 0.29) is 11.2 Å². The third kappa shape index (κ3) is 5.69. The summed E-state index contributed by atoms with van der Waals surface area (Å²) < 4.78 is 40.6. The highest BCUT2D eigenvalue weighted by molar-refractivity contribution is 7.54. The number of nitrogens with one attached hydrogen (secondary N) is 1. The minimum atomic E-state index is -3.90. The topological polar surface area (TPSA) is 93.0 Å². The summed E-state index contributed by atoms with van der Waals surface area (Å²) in [5.41, 5.74) is 1.86. The van der Waals surface area contributed by atoms with Crippen molar-refractivity contribution >= 4 is 13.3 Å². The fourth-order valence-corrected chi connectivity index (χ4v) is 6.29. The van der Waals surface area contributed by atoms with Gasteiger partial charge in [0.1, 0.15) is 17.2 Å². The molecule has 0 spiro atoms. The van der Waals surface area contributed by atoms with E-state index in [1.54, 1.807) is 69.4 Å². The summed E-state index contributed by atoms with van der Waals surface area (Å²) >= 11 is 0. The largest absolute Gasteiger partial charge is 0.497 e. The van der Waals surface area contributed by atoms with Crippen molar-refractivity contribution in [2.75, 3.05) is 19.5 Å². The van der Waals surface area contributed by atoms with Gasteiger partial charge in [0.05, 0.1) is 37.8 Å². The molecule has 36 heavy (non-hydrogen) atoms. The Labute approximate surface area is 212 Å². The second-order valence-electron chi connectivity index (χ2n) is 8.94. The summed E-state index contributed by atoms with van der Waals surface area (Å²) in [5, 5.41) is 3.24. The van der Waals surface area contributed by atoms with Crippen molar-refractivity contribution in [1.82, 2.24) is 9.36 Å². The Kier molecular flexibility index (Phi) is 8.71. The molecule has 3 rings (SSSR count). The van der Waals surface area contributed by atoms with Gasteiger partial charge in [-0.1, -0.05) is 18.2 Å². The van der Waals surface area contributed by atoms with Crippen LogP contribution in [0, 0.1) is 6.92 Å². The molecular formula is C26H36N3O6P. The van der Waals surface area contributed by atoms with Gasteiger partial charge in [0.15, 0.2) is 5.78 Å². The SMILES string of the molecule is COc1ccc(C(Nc2c(C)n(C)n(-c3ccccc3)c2=O)P(=O)(OC(C)C)OC(C)C)c(OC)c1. The minimum absolute atomic E-state index is 0.282. The van der Waals surface area contributed by atoms with Crippen LogP contribution in [0.3, 0.4) is 0 Å². The third-order valence-corrected chi connectivity index (χ3v) is 8.07. The Bertz CT molecular complexity index is 1270. The third-order valence-electron chi connectivity index (χ3n) is 5.60. The predicted octanol–water partition coefficient (Wildman–Crippen LogP) is 5.66. The van der Waals surface area contributed by atoms with Crippen molar-refractivity contribution in [3.8, 4) is 17.2 Å². The van der Waals surface area contributed by atoms with Gasteiger partial charge >= 0.3 is 7.60 Å². The molecule has 0 radical (unpaired) electrons. The average molecular weight is 518 g/mol. The lowest BCUT2D eigenvalue weighted by atomic mass is 10.1. The summed E-state index contributed by atoms with van der Waals surface area (Å²) in [7, 11) is 0.969. The van der Waals surface area contributed by atoms with E-state index < -0.39 is 25.6 Å². The molecule has 2 aromatic carbocycles. The molecule has 10 heteroatoms.